The van der Waals surface area contributed by atoms with Gasteiger partial charge < -0.3 is 10.1 Å². The molecular weight excluding hydrogens is 354 g/mol. The normalized spacial score (nSPS) is 14.3. The first-order chi connectivity index (χ1) is 12.4. The quantitative estimate of drug-likeness (QED) is 0.742. The highest BCUT2D eigenvalue weighted by atomic mass is 32.2. The van der Waals surface area contributed by atoms with E-state index in [0.717, 1.165) is 6.42 Å². The van der Waals surface area contributed by atoms with Gasteiger partial charge in [-0.15, -0.1) is 0 Å². The molecule has 2 aromatic rings. The minimum Gasteiger partial charge on any atom is -0.494 e. The Morgan fingerprint density at radius 3 is 2.50 bits per heavy atom. The second-order valence-electron chi connectivity index (χ2n) is 5.91. The molecule has 7 heteroatoms. The first kappa shape index (κ1) is 18.1. The average Bonchev–Trinajstić information content (AvgIpc) is 2.64. The maximum atomic E-state index is 13.0. The molecule has 0 spiro atoms. The van der Waals surface area contributed by atoms with Gasteiger partial charge in [0.15, 0.2) is 5.78 Å². The van der Waals surface area contributed by atoms with E-state index in [1.807, 2.05) is 6.92 Å². The maximum absolute atomic E-state index is 13.0. The largest absolute Gasteiger partial charge is 0.494 e. The fourth-order valence-electron chi connectivity index (χ4n) is 2.83. The second kappa shape index (κ2) is 6.92. The molecule has 0 radical (unpaired) electrons. The third-order valence-electron chi connectivity index (χ3n) is 4.07. The van der Waals surface area contributed by atoms with Crippen LogP contribution in [0.5, 0.6) is 5.75 Å². The van der Waals surface area contributed by atoms with Crippen LogP contribution >= 0.6 is 0 Å². The number of carbonyl (C=O) groups excluding carboxylic acids is 2. The highest BCUT2D eigenvalue weighted by Crippen LogP contribution is 2.36. The molecule has 6 nitrogen and oxygen atoms in total. The zero-order valence-corrected chi connectivity index (χ0v) is 15.4. The van der Waals surface area contributed by atoms with Crippen molar-refractivity contribution in [2.45, 2.75) is 30.1 Å². The number of ketones is 1. The summed E-state index contributed by atoms with van der Waals surface area (Å²) in [5.74, 6) is -0.321. The number of hydrogen-bond donors (Lipinski definition) is 1. The van der Waals surface area contributed by atoms with Crippen LogP contribution in [0.4, 0.5) is 0 Å². The Morgan fingerprint density at radius 2 is 1.81 bits per heavy atom. The van der Waals surface area contributed by atoms with Crippen LogP contribution in [0.25, 0.3) is 0 Å². The van der Waals surface area contributed by atoms with Crippen LogP contribution in [0, 0.1) is 0 Å². The zero-order chi connectivity index (χ0) is 18.9. The van der Waals surface area contributed by atoms with Gasteiger partial charge in [0.25, 0.3) is 5.91 Å². The Balaban J connectivity index is 2.11. The monoisotopic (exact) mass is 373 g/mol. The molecule has 0 saturated heterocycles. The average molecular weight is 373 g/mol. The van der Waals surface area contributed by atoms with E-state index >= 15 is 0 Å². The molecule has 1 heterocycles. The first-order valence-electron chi connectivity index (χ1n) is 8.39. The van der Waals surface area contributed by atoms with Crippen LogP contribution in [-0.4, -0.2) is 33.3 Å². The van der Waals surface area contributed by atoms with E-state index in [2.05, 4.69) is 5.32 Å². The van der Waals surface area contributed by atoms with E-state index < -0.39 is 15.6 Å². The van der Waals surface area contributed by atoms with Crippen LogP contribution in [0.3, 0.4) is 0 Å². The van der Waals surface area contributed by atoms with Gasteiger partial charge in [-0.1, -0.05) is 6.92 Å². The van der Waals surface area contributed by atoms with Crippen LogP contribution in [-0.2, 0) is 9.84 Å². The molecule has 1 aliphatic heterocycles. The molecule has 0 atom stereocenters. The summed E-state index contributed by atoms with van der Waals surface area (Å²) in [6.45, 7) is 4.62. The Morgan fingerprint density at radius 1 is 1.04 bits per heavy atom. The minimum absolute atomic E-state index is 0.0631. The van der Waals surface area contributed by atoms with Crippen molar-refractivity contribution in [2.24, 2.45) is 0 Å². The topological polar surface area (TPSA) is 89.5 Å². The van der Waals surface area contributed by atoms with Crippen molar-refractivity contribution >= 4 is 21.5 Å². The van der Waals surface area contributed by atoms with Crippen molar-refractivity contribution in [3.63, 3.8) is 0 Å². The van der Waals surface area contributed by atoms with Gasteiger partial charge in [-0.05, 0) is 49.7 Å². The number of benzene rings is 2. The number of amides is 1. The van der Waals surface area contributed by atoms with Crippen LogP contribution in [0.15, 0.2) is 46.2 Å². The summed E-state index contributed by atoms with van der Waals surface area (Å²) < 4.78 is 31.5. The van der Waals surface area contributed by atoms with Gasteiger partial charge in [0, 0.05) is 23.2 Å². The van der Waals surface area contributed by atoms with Gasteiger partial charge in [0.2, 0.25) is 9.84 Å². The molecule has 3 rings (SSSR count). The van der Waals surface area contributed by atoms with Crippen LogP contribution < -0.4 is 10.1 Å². The molecule has 0 aromatic heterocycles. The summed E-state index contributed by atoms with van der Waals surface area (Å²) in [6, 6.07) is 8.50. The van der Waals surface area contributed by atoms with Gasteiger partial charge in [-0.3, -0.25) is 9.59 Å². The van der Waals surface area contributed by atoms with Crippen molar-refractivity contribution in [3.05, 3.63) is 53.1 Å². The lowest BCUT2D eigenvalue weighted by atomic mass is 10.0. The predicted octanol–water partition coefficient (Wildman–Crippen LogP) is 2.60. The second-order valence-corrected chi connectivity index (χ2v) is 7.80. The van der Waals surface area contributed by atoms with Gasteiger partial charge in [0.1, 0.15) is 5.75 Å². The lowest BCUT2D eigenvalue weighted by Crippen LogP contribution is -2.25. The Hall–Kier alpha value is -2.67. The fourth-order valence-corrected chi connectivity index (χ4v) is 4.49. The standard InChI is InChI=1S/C19H19NO5S/c1-3-9-25-13-6-8-16-15(11-13)18(21)14-7-5-12(19(22)20-4-2)10-17(14)26(16,23)24/h5-8,10-11H,3-4,9H2,1-2H3,(H,20,22). The third-order valence-corrected chi connectivity index (χ3v) is 5.93. The van der Waals surface area contributed by atoms with E-state index in [1.54, 1.807) is 6.92 Å². The molecule has 0 saturated carbocycles. The number of sulfone groups is 1. The summed E-state index contributed by atoms with van der Waals surface area (Å²) in [4.78, 5) is 24.6. The molecular formula is C19H19NO5S. The van der Waals surface area contributed by atoms with E-state index in [4.69, 9.17) is 4.74 Å². The predicted molar refractivity (Wildman–Crippen MR) is 95.6 cm³/mol. The number of nitrogens with one attached hydrogen (secondary N) is 1. The van der Waals surface area contributed by atoms with Crippen molar-refractivity contribution in [1.82, 2.24) is 5.32 Å². The van der Waals surface area contributed by atoms with E-state index in [1.165, 1.54) is 36.4 Å². The number of hydrogen-bond acceptors (Lipinski definition) is 5. The van der Waals surface area contributed by atoms with Crippen molar-refractivity contribution in [2.75, 3.05) is 13.2 Å². The highest BCUT2D eigenvalue weighted by molar-refractivity contribution is 7.91. The molecule has 136 valence electrons. The fraction of sp³-hybridized carbons (Fsp3) is 0.263. The third kappa shape index (κ3) is 2.99. The summed E-state index contributed by atoms with van der Waals surface area (Å²) in [6.07, 6.45) is 0.800. The van der Waals surface area contributed by atoms with Gasteiger partial charge in [-0.25, -0.2) is 8.42 Å². The van der Waals surface area contributed by atoms with E-state index in [9.17, 15) is 18.0 Å². The number of fused-ring (bicyclic) bond motifs is 2. The van der Waals surface area contributed by atoms with Gasteiger partial charge in [-0.2, -0.15) is 0 Å². The zero-order valence-electron chi connectivity index (χ0n) is 14.5. The van der Waals surface area contributed by atoms with E-state index in [0.29, 0.717) is 18.9 Å². The van der Waals surface area contributed by atoms with Gasteiger partial charge >= 0.3 is 0 Å². The maximum Gasteiger partial charge on any atom is 0.251 e. The molecule has 0 bridgehead atoms. The summed E-state index contributed by atoms with van der Waals surface area (Å²) in [5, 5.41) is 2.62. The summed E-state index contributed by atoms with van der Waals surface area (Å²) >= 11 is 0. The Bertz CT molecular complexity index is 995. The molecule has 1 N–H and O–H groups in total. The van der Waals surface area contributed by atoms with Crippen LogP contribution in [0.2, 0.25) is 0 Å². The lowest BCUT2D eigenvalue weighted by molar-refractivity contribution is 0.0953. The molecule has 0 aliphatic carbocycles. The van der Waals surface area contributed by atoms with Crippen molar-refractivity contribution < 1.29 is 22.7 Å². The summed E-state index contributed by atoms with van der Waals surface area (Å²) in [5.41, 5.74) is 0.364. The molecule has 2 aromatic carbocycles. The minimum atomic E-state index is -3.90. The first-order valence-corrected chi connectivity index (χ1v) is 9.87. The number of carbonyl (C=O) groups is 2. The number of rotatable bonds is 5. The van der Waals surface area contributed by atoms with Crippen molar-refractivity contribution in [3.8, 4) is 5.75 Å². The summed E-state index contributed by atoms with van der Waals surface area (Å²) in [7, 11) is -3.90. The molecule has 1 amide bonds. The SMILES string of the molecule is CCCOc1ccc2c(c1)C(=O)c1ccc(C(=O)NCC)cc1S2(=O)=O. The molecule has 0 fully saturated rings. The van der Waals surface area contributed by atoms with Crippen molar-refractivity contribution in [1.29, 1.82) is 0 Å². The molecule has 1 aliphatic rings. The van der Waals surface area contributed by atoms with Gasteiger partial charge in [0.05, 0.1) is 16.4 Å². The van der Waals surface area contributed by atoms with E-state index in [-0.39, 0.29) is 32.4 Å². The Kier molecular flexibility index (Phi) is 4.82. The molecule has 26 heavy (non-hydrogen) atoms. The smallest absolute Gasteiger partial charge is 0.251 e. The molecule has 0 unspecified atom stereocenters. The Labute approximate surface area is 152 Å². The number of ether oxygens (including phenoxy) is 1. The van der Waals surface area contributed by atoms with Crippen LogP contribution in [0.1, 0.15) is 46.5 Å². The lowest BCUT2D eigenvalue weighted by Gasteiger charge is -2.20. The highest BCUT2D eigenvalue weighted by Gasteiger charge is 2.35.